The van der Waals surface area contributed by atoms with Crippen molar-refractivity contribution in [3.8, 4) is 10.6 Å². The second-order valence-electron chi connectivity index (χ2n) is 5.88. The number of aryl methyl sites for hydroxylation is 1. The number of rotatable bonds is 5. The average molecular weight is 320 g/mol. The van der Waals surface area contributed by atoms with Crippen molar-refractivity contribution in [2.75, 3.05) is 0 Å². The minimum absolute atomic E-state index is 0.0550. The maximum absolute atomic E-state index is 12.2. The Morgan fingerprint density at radius 1 is 1.45 bits per heavy atom. The summed E-state index contributed by atoms with van der Waals surface area (Å²) in [6.45, 7) is 4.06. The summed E-state index contributed by atoms with van der Waals surface area (Å²) in [5, 5.41) is 7.97. The zero-order valence-corrected chi connectivity index (χ0v) is 13.8. The summed E-state index contributed by atoms with van der Waals surface area (Å²) in [4.78, 5) is 17.2. The molecule has 22 heavy (non-hydrogen) atoms. The quantitative estimate of drug-likeness (QED) is 0.917. The van der Waals surface area contributed by atoms with Crippen molar-refractivity contribution in [2.45, 2.75) is 44.9 Å². The molecule has 0 radical (unpaired) electrons. The molecule has 0 unspecified atom stereocenters. The molecule has 6 nitrogen and oxygen atoms in total. The number of hydrogen-bond acceptors (Lipinski definition) is 5. The summed E-state index contributed by atoms with van der Waals surface area (Å²) in [6, 6.07) is 0.209. The number of nitrogens with zero attached hydrogens (tertiary/aromatic N) is 3. The van der Waals surface area contributed by atoms with E-state index >= 15 is 0 Å². The molecular weight excluding hydrogens is 300 g/mol. The highest BCUT2D eigenvalue weighted by Gasteiger charge is 2.32. The van der Waals surface area contributed by atoms with E-state index in [4.69, 9.17) is 4.74 Å². The van der Waals surface area contributed by atoms with E-state index < -0.39 is 0 Å². The Labute approximate surface area is 133 Å². The molecule has 0 saturated heterocycles. The monoisotopic (exact) mass is 320 g/mol. The molecule has 1 aliphatic rings. The summed E-state index contributed by atoms with van der Waals surface area (Å²) >= 11 is 1.39. The molecule has 2 aromatic rings. The van der Waals surface area contributed by atoms with Crippen LogP contribution in [-0.4, -0.2) is 38.9 Å². The van der Waals surface area contributed by atoms with E-state index in [0.29, 0.717) is 4.88 Å². The van der Waals surface area contributed by atoms with Gasteiger partial charge in [0, 0.05) is 24.8 Å². The summed E-state index contributed by atoms with van der Waals surface area (Å²) < 4.78 is 7.42. The van der Waals surface area contributed by atoms with Gasteiger partial charge in [-0.3, -0.25) is 9.48 Å². The fraction of sp³-hybridized carbons (Fsp3) is 0.533. The van der Waals surface area contributed by atoms with E-state index in [9.17, 15) is 4.79 Å². The molecule has 1 fully saturated rings. The van der Waals surface area contributed by atoms with Gasteiger partial charge in [-0.05, 0) is 26.7 Å². The third kappa shape index (κ3) is 3.36. The number of carbonyl (C=O) groups excluding carboxylic acids is 1. The molecule has 118 valence electrons. The molecule has 1 amide bonds. The first-order chi connectivity index (χ1) is 10.5. The number of aromatic nitrogens is 3. The molecule has 0 aromatic carbocycles. The van der Waals surface area contributed by atoms with Crippen LogP contribution >= 0.6 is 11.3 Å². The summed E-state index contributed by atoms with van der Waals surface area (Å²) in [5.41, 5.74) is 0.931. The van der Waals surface area contributed by atoms with E-state index in [0.717, 1.165) is 23.4 Å². The first-order valence-electron chi connectivity index (χ1n) is 7.42. The lowest BCUT2D eigenvalue weighted by atomic mass is 9.89. The molecule has 0 spiro atoms. The van der Waals surface area contributed by atoms with Crippen molar-refractivity contribution < 1.29 is 9.53 Å². The van der Waals surface area contributed by atoms with Gasteiger partial charge in [-0.2, -0.15) is 5.10 Å². The van der Waals surface area contributed by atoms with Crippen molar-refractivity contribution >= 4 is 17.2 Å². The minimum atomic E-state index is -0.0550. The molecule has 0 bridgehead atoms. The van der Waals surface area contributed by atoms with Crippen LogP contribution in [0.1, 0.15) is 36.4 Å². The van der Waals surface area contributed by atoms with Gasteiger partial charge >= 0.3 is 0 Å². The molecule has 7 heteroatoms. The van der Waals surface area contributed by atoms with Gasteiger partial charge in [-0.25, -0.2) is 4.98 Å². The zero-order valence-electron chi connectivity index (χ0n) is 12.9. The Balaban J connectivity index is 1.55. The normalized spacial score (nSPS) is 20.9. The largest absolute Gasteiger partial charge is 0.375 e. The number of amides is 1. The molecule has 1 saturated carbocycles. The summed E-state index contributed by atoms with van der Waals surface area (Å²) in [5.74, 6) is -0.0550. The Hall–Kier alpha value is -1.73. The zero-order chi connectivity index (χ0) is 15.7. The van der Waals surface area contributed by atoms with E-state index in [2.05, 4.69) is 15.4 Å². The predicted molar refractivity (Wildman–Crippen MR) is 84.8 cm³/mol. The Bertz CT molecular complexity index is 658. The summed E-state index contributed by atoms with van der Waals surface area (Å²) in [6.07, 6.45) is 7.56. The van der Waals surface area contributed by atoms with Crippen molar-refractivity contribution in [1.82, 2.24) is 20.1 Å². The van der Waals surface area contributed by atoms with Crippen LogP contribution in [0.25, 0.3) is 10.6 Å². The van der Waals surface area contributed by atoms with Crippen molar-refractivity contribution in [1.29, 1.82) is 0 Å². The molecule has 2 aromatic heterocycles. The predicted octanol–water partition coefficient (Wildman–Crippen LogP) is 2.23. The third-order valence-corrected chi connectivity index (χ3v) is 4.62. The number of carbonyl (C=O) groups is 1. The Morgan fingerprint density at radius 2 is 2.23 bits per heavy atom. The number of hydrogen-bond donors (Lipinski definition) is 1. The molecule has 0 atom stereocenters. The lowest BCUT2D eigenvalue weighted by molar-refractivity contribution is -0.0481. The summed E-state index contributed by atoms with van der Waals surface area (Å²) in [7, 11) is 1.86. The van der Waals surface area contributed by atoms with Crippen molar-refractivity contribution in [3.63, 3.8) is 0 Å². The van der Waals surface area contributed by atoms with Crippen LogP contribution in [0.15, 0.2) is 18.6 Å². The van der Waals surface area contributed by atoms with Gasteiger partial charge in [0.15, 0.2) is 0 Å². The van der Waals surface area contributed by atoms with Crippen LogP contribution < -0.4 is 5.32 Å². The lowest BCUT2D eigenvalue weighted by Crippen LogP contribution is -2.48. The van der Waals surface area contributed by atoms with Crippen molar-refractivity contribution in [2.24, 2.45) is 7.05 Å². The third-order valence-electron chi connectivity index (χ3n) is 3.58. The van der Waals surface area contributed by atoms with Crippen LogP contribution in [0, 0.1) is 0 Å². The first kappa shape index (κ1) is 15.2. The Morgan fingerprint density at radius 3 is 2.86 bits per heavy atom. The van der Waals surface area contributed by atoms with Gasteiger partial charge in [0.25, 0.3) is 5.91 Å². The van der Waals surface area contributed by atoms with Crippen LogP contribution in [-0.2, 0) is 11.8 Å². The van der Waals surface area contributed by atoms with Gasteiger partial charge in [-0.15, -0.1) is 11.3 Å². The second-order valence-corrected chi connectivity index (χ2v) is 6.91. The molecular formula is C15H20N4O2S. The van der Waals surface area contributed by atoms with Gasteiger partial charge in [0.2, 0.25) is 0 Å². The minimum Gasteiger partial charge on any atom is -0.375 e. The SMILES string of the molecule is CC(C)OC1CC(NC(=O)c2cnc(-c3cnn(C)c3)s2)C1. The van der Waals surface area contributed by atoms with Gasteiger partial charge < -0.3 is 10.1 Å². The maximum Gasteiger partial charge on any atom is 0.263 e. The van der Waals surface area contributed by atoms with Crippen LogP contribution in [0.3, 0.4) is 0 Å². The molecule has 2 heterocycles. The number of nitrogens with one attached hydrogen (secondary N) is 1. The standard InChI is InChI=1S/C15H20N4O2S/c1-9(2)21-12-4-11(5-12)18-14(20)13-7-16-15(22-13)10-6-17-19(3)8-10/h6-9,11-12H,4-5H2,1-3H3,(H,18,20). The topological polar surface area (TPSA) is 69.0 Å². The van der Waals surface area contributed by atoms with Crippen molar-refractivity contribution in [3.05, 3.63) is 23.5 Å². The molecule has 0 aliphatic heterocycles. The smallest absolute Gasteiger partial charge is 0.263 e. The average Bonchev–Trinajstić information content (AvgIpc) is 3.03. The second kappa shape index (κ2) is 6.18. The highest BCUT2D eigenvalue weighted by Crippen LogP contribution is 2.27. The van der Waals surface area contributed by atoms with Gasteiger partial charge in [0.05, 0.1) is 24.6 Å². The van der Waals surface area contributed by atoms with Crippen LogP contribution in [0.2, 0.25) is 0 Å². The van der Waals surface area contributed by atoms with Gasteiger partial charge in [-0.1, -0.05) is 0 Å². The van der Waals surface area contributed by atoms with E-state index in [1.807, 2.05) is 27.1 Å². The van der Waals surface area contributed by atoms with Gasteiger partial charge in [0.1, 0.15) is 9.88 Å². The fourth-order valence-electron chi connectivity index (χ4n) is 2.48. The lowest BCUT2D eigenvalue weighted by Gasteiger charge is -2.36. The molecule has 1 N–H and O–H groups in total. The van der Waals surface area contributed by atoms with Crippen LogP contribution in [0.5, 0.6) is 0 Å². The molecule has 3 rings (SSSR count). The van der Waals surface area contributed by atoms with Crippen LogP contribution in [0.4, 0.5) is 0 Å². The molecule has 1 aliphatic carbocycles. The first-order valence-corrected chi connectivity index (χ1v) is 8.24. The number of ether oxygens (including phenoxy) is 1. The fourth-order valence-corrected chi connectivity index (χ4v) is 3.27. The Kier molecular flexibility index (Phi) is 4.26. The maximum atomic E-state index is 12.2. The van der Waals surface area contributed by atoms with E-state index in [-0.39, 0.29) is 24.2 Å². The highest BCUT2D eigenvalue weighted by molar-refractivity contribution is 7.16. The van der Waals surface area contributed by atoms with E-state index in [1.54, 1.807) is 17.1 Å². The highest BCUT2D eigenvalue weighted by atomic mass is 32.1. The number of thiazole rings is 1. The van der Waals surface area contributed by atoms with E-state index in [1.165, 1.54) is 11.3 Å².